The first-order valence-corrected chi connectivity index (χ1v) is 6.65. The number of ketones is 1. The number of carbonyl (C=O) groups excluding carboxylic acids is 1. The van der Waals surface area contributed by atoms with E-state index < -0.39 is 0 Å². The van der Waals surface area contributed by atoms with Gasteiger partial charge in [-0.05, 0) is 30.7 Å². The molecule has 3 atom stereocenters. The van der Waals surface area contributed by atoms with Gasteiger partial charge < -0.3 is 8.83 Å². The van der Waals surface area contributed by atoms with E-state index in [0.717, 1.165) is 17.9 Å². The Bertz CT molecular complexity index is 530. The highest BCUT2D eigenvalue weighted by Crippen LogP contribution is 2.36. The molecule has 0 spiro atoms. The van der Waals surface area contributed by atoms with E-state index in [1.807, 2.05) is 31.2 Å². The van der Waals surface area contributed by atoms with Crippen LogP contribution >= 0.6 is 0 Å². The molecule has 100 valence electrons. The van der Waals surface area contributed by atoms with Crippen LogP contribution < -0.4 is 5.32 Å². The molecule has 4 nitrogen and oxygen atoms in total. The van der Waals surface area contributed by atoms with Gasteiger partial charge in [0.15, 0.2) is 0 Å². The molecular weight excluding hydrogens is 242 g/mol. The Labute approximate surface area is 111 Å². The van der Waals surface area contributed by atoms with E-state index >= 15 is 0 Å². The average Bonchev–Trinajstić information content (AvgIpc) is 3.11. The maximum atomic E-state index is 12.3. The van der Waals surface area contributed by atoms with Crippen molar-refractivity contribution in [2.45, 2.75) is 31.8 Å². The summed E-state index contributed by atoms with van der Waals surface area (Å²) in [6.07, 6.45) is 4.56. The Kier molecular flexibility index (Phi) is 3.25. The van der Waals surface area contributed by atoms with Crippen molar-refractivity contribution in [2.75, 3.05) is 0 Å². The summed E-state index contributed by atoms with van der Waals surface area (Å²) in [7, 11) is 0. The van der Waals surface area contributed by atoms with Gasteiger partial charge in [0.05, 0.1) is 24.6 Å². The zero-order valence-electron chi connectivity index (χ0n) is 10.8. The smallest absolute Gasteiger partial charge is 0.140 e. The van der Waals surface area contributed by atoms with Crippen molar-refractivity contribution in [1.82, 2.24) is 5.32 Å². The van der Waals surface area contributed by atoms with Crippen LogP contribution in [-0.4, -0.2) is 5.78 Å². The predicted molar refractivity (Wildman–Crippen MR) is 69.4 cm³/mol. The van der Waals surface area contributed by atoms with Crippen LogP contribution in [0.1, 0.15) is 43.4 Å². The Morgan fingerprint density at radius 2 is 1.89 bits per heavy atom. The number of Topliss-reactive ketones (excluding diaryl/α,β-unsaturated/α-hetero) is 1. The van der Waals surface area contributed by atoms with Crippen LogP contribution in [0.5, 0.6) is 0 Å². The molecule has 1 N–H and O–H groups in total. The topological polar surface area (TPSA) is 55.4 Å². The lowest BCUT2D eigenvalue weighted by Gasteiger charge is -2.34. The van der Waals surface area contributed by atoms with Gasteiger partial charge in [-0.3, -0.25) is 10.1 Å². The van der Waals surface area contributed by atoms with Crippen molar-refractivity contribution >= 4 is 5.78 Å². The molecule has 19 heavy (non-hydrogen) atoms. The molecule has 2 aromatic rings. The van der Waals surface area contributed by atoms with Crippen molar-refractivity contribution in [3.8, 4) is 0 Å². The third kappa shape index (κ3) is 2.24. The fraction of sp³-hybridized carbons (Fsp3) is 0.400. The summed E-state index contributed by atoms with van der Waals surface area (Å²) in [4.78, 5) is 12.3. The average molecular weight is 259 g/mol. The summed E-state index contributed by atoms with van der Waals surface area (Å²) in [5.41, 5.74) is 0. The molecule has 0 bridgehead atoms. The zero-order valence-corrected chi connectivity index (χ0v) is 10.8. The molecule has 4 heteroatoms. The largest absolute Gasteiger partial charge is 0.468 e. The molecule has 3 rings (SSSR count). The summed E-state index contributed by atoms with van der Waals surface area (Å²) in [6.45, 7) is 2.04. The highest BCUT2D eigenvalue weighted by Gasteiger charge is 2.38. The van der Waals surface area contributed by atoms with E-state index in [1.54, 1.807) is 12.5 Å². The maximum absolute atomic E-state index is 12.3. The van der Waals surface area contributed by atoms with Gasteiger partial charge >= 0.3 is 0 Å². The number of carbonyl (C=O) groups is 1. The third-order valence-corrected chi connectivity index (χ3v) is 3.78. The molecule has 3 heterocycles. The lowest BCUT2D eigenvalue weighted by atomic mass is 9.82. The highest BCUT2D eigenvalue weighted by atomic mass is 16.3. The van der Waals surface area contributed by atoms with E-state index in [1.165, 1.54) is 0 Å². The Balaban J connectivity index is 1.89. The van der Waals surface area contributed by atoms with Crippen molar-refractivity contribution in [2.24, 2.45) is 5.92 Å². The zero-order chi connectivity index (χ0) is 13.2. The normalized spacial score (nSPS) is 27.6. The standard InChI is InChI=1S/C15H17NO3/c1-2-10-12(17)9-11(13-5-3-7-18-13)16-15(10)14-6-4-8-19-14/h3-8,10-11,15-16H,2,9H2,1H3/t10-,11+,15-/m1/s1. The van der Waals surface area contributed by atoms with Crippen LogP contribution in [0.25, 0.3) is 0 Å². The molecule has 0 aliphatic carbocycles. The van der Waals surface area contributed by atoms with Gasteiger partial charge in [0.1, 0.15) is 17.3 Å². The van der Waals surface area contributed by atoms with Gasteiger partial charge in [-0.25, -0.2) is 0 Å². The monoisotopic (exact) mass is 259 g/mol. The van der Waals surface area contributed by atoms with E-state index in [9.17, 15) is 4.79 Å². The Morgan fingerprint density at radius 3 is 2.47 bits per heavy atom. The second kappa shape index (κ2) is 5.05. The van der Waals surface area contributed by atoms with Crippen LogP contribution in [0.2, 0.25) is 0 Å². The predicted octanol–water partition coefficient (Wildman–Crippen LogP) is 3.24. The van der Waals surface area contributed by atoms with Crippen molar-refractivity contribution in [3.63, 3.8) is 0 Å². The number of furan rings is 2. The number of rotatable bonds is 3. The first-order chi connectivity index (χ1) is 9.29. The summed E-state index contributed by atoms with van der Waals surface area (Å²) in [5.74, 6) is 1.86. The van der Waals surface area contributed by atoms with E-state index in [0.29, 0.717) is 6.42 Å². The lowest BCUT2D eigenvalue weighted by Crippen LogP contribution is -2.41. The first kappa shape index (κ1) is 12.2. The maximum Gasteiger partial charge on any atom is 0.140 e. The van der Waals surface area contributed by atoms with E-state index in [-0.39, 0.29) is 23.8 Å². The van der Waals surface area contributed by atoms with Crippen molar-refractivity contribution in [3.05, 3.63) is 48.3 Å². The minimum atomic E-state index is -0.0728. The second-order valence-electron chi connectivity index (χ2n) is 4.91. The molecule has 0 aromatic carbocycles. The van der Waals surface area contributed by atoms with Crippen LogP contribution in [0.4, 0.5) is 0 Å². The first-order valence-electron chi connectivity index (χ1n) is 6.65. The fourth-order valence-electron chi connectivity index (χ4n) is 2.81. The van der Waals surface area contributed by atoms with Gasteiger partial charge in [0, 0.05) is 12.3 Å². The number of piperidine rings is 1. The molecule has 1 fully saturated rings. The molecule has 1 aliphatic heterocycles. The number of hydrogen-bond acceptors (Lipinski definition) is 4. The molecule has 1 aliphatic rings. The molecule has 1 saturated heterocycles. The Morgan fingerprint density at radius 1 is 1.21 bits per heavy atom. The van der Waals surface area contributed by atoms with Gasteiger partial charge in [0.2, 0.25) is 0 Å². The molecule has 0 amide bonds. The minimum absolute atomic E-state index is 0.0302. The lowest BCUT2D eigenvalue weighted by molar-refractivity contribution is -0.127. The molecular formula is C15H17NO3. The van der Waals surface area contributed by atoms with Crippen molar-refractivity contribution < 1.29 is 13.6 Å². The highest BCUT2D eigenvalue weighted by molar-refractivity contribution is 5.83. The minimum Gasteiger partial charge on any atom is -0.468 e. The van der Waals surface area contributed by atoms with E-state index in [2.05, 4.69) is 5.32 Å². The number of nitrogens with one attached hydrogen (secondary N) is 1. The van der Waals surface area contributed by atoms with Gasteiger partial charge in [-0.2, -0.15) is 0 Å². The van der Waals surface area contributed by atoms with Gasteiger partial charge in [0.25, 0.3) is 0 Å². The van der Waals surface area contributed by atoms with Crippen LogP contribution in [0.3, 0.4) is 0 Å². The summed E-state index contributed by atoms with van der Waals surface area (Å²) >= 11 is 0. The van der Waals surface area contributed by atoms with E-state index in [4.69, 9.17) is 8.83 Å². The molecule has 0 saturated carbocycles. The number of hydrogen-bond donors (Lipinski definition) is 1. The summed E-state index contributed by atoms with van der Waals surface area (Å²) in [6, 6.07) is 7.37. The van der Waals surface area contributed by atoms with Crippen LogP contribution in [0, 0.1) is 5.92 Å². The van der Waals surface area contributed by atoms with Crippen LogP contribution in [-0.2, 0) is 4.79 Å². The summed E-state index contributed by atoms with van der Waals surface area (Å²) < 4.78 is 10.9. The molecule has 0 unspecified atom stereocenters. The quantitative estimate of drug-likeness (QED) is 0.919. The van der Waals surface area contributed by atoms with Crippen LogP contribution in [0.15, 0.2) is 45.6 Å². The second-order valence-corrected chi connectivity index (χ2v) is 4.91. The third-order valence-electron chi connectivity index (χ3n) is 3.78. The van der Waals surface area contributed by atoms with Gasteiger partial charge in [-0.1, -0.05) is 6.92 Å². The Hall–Kier alpha value is -1.81. The summed E-state index contributed by atoms with van der Waals surface area (Å²) in [5, 5.41) is 3.48. The van der Waals surface area contributed by atoms with Crippen molar-refractivity contribution in [1.29, 1.82) is 0 Å². The molecule has 2 aromatic heterocycles. The molecule has 0 radical (unpaired) electrons. The SMILES string of the molecule is CC[C@@H]1C(=O)C[C@@H](c2ccco2)N[C@H]1c1ccco1. The fourth-order valence-corrected chi connectivity index (χ4v) is 2.81. The van der Waals surface area contributed by atoms with Gasteiger partial charge in [-0.15, -0.1) is 0 Å².